The molecule has 0 bridgehead atoms. The van der Waals surface area contributed by atoms with Gasteiger partial charge in [-0.3, -0.25) is 0 Å². The van der Waals surface area contributed by atoms with Crippen molar-refractivity contribution in [2.75, 3.05) is 19.1 Å². The fourth-order valence-electron chi connectivity index (χ4n) is 1.94. The first-order valence-electron chi connectivity index (χ1n) is 5.88. The fraction of sp³-hybridized carbons (Fsp3) is 0.200. The summed E-state index contributed by atoms with van der Waals surface area (Å²) in [6.07, 6.45) is 0. The smallest absolute Gasteiger partial charge is 0.129 e. The summed E-state index contributed by atoms with van der Waals surface area (Å²) in [6, 6.07) is 12.5. The van der Waals surface area contributed by atoms with Crippen LogP contribution in [0.25, 0.3) is 0 Å². The number of alkyl halides is 1. The molecule has 2 rings (SSSR count). The van der Waals surface area contributed by atoms with Gasteiger partial charge in [-0.15, -0.1) is 11.6 Å². The lowest BCUT2D eigenvalue weighted by Gasteiger charge is -2.22. The molecule has 0 radical (unpaired) electrons. The molecule has 0 spiro atoms. The van der Waals surface area contributed by atoms with Crippen molar-refractivity contribution in [3.8, 4) is 5.75 Å². The SMILES string of the molecule is COc1ccc(N(C)c2cccc(F)c2CCl)cc1. The molecule has 100 valence electrons. The molecule has 0 saturated carbocycles. The molecule has 0 saturated heterocycles. The minimum absolute atomic E-state index is 0.141. The number of hydrogen-bond donors (Lipinski definition) is 0. The number of hydrogen-bond acceptors (Lipinski definition) is 2. The largest absolute Gasteiger partial charge is 0.497 e. The van der Waals surface area contributed by atoms with E-state index in [2.05, 4.69) is 0 Å². The molecule has 19 heavy (non-hydrogen) atoms. The average Bonchev–Trinajstić information content (AvgIpc) is 2.46. The van der Waals surface area contributed by atoms with Gasteiger partial charge in [-0.05, 0) is 36.4 Å². The molecular weight excluding hydrogens is 265 g/mol. The quantitative estimate of drug-likeness (QED) is 0.772. The summed E-state index contributed by atoms with van der Waals surface area (Å²) in [7, 11) is 3.50. The zero-order chi connectivity index (χ0) is 13.8. The molecule has 0 fully saturated rings. The van der Waals surface area contributed by atoms with Crippen LogP contribution in [0.4, 0.5) is 15.8 Å². The molecule has 2 nitrogen and oxygen atoms in total. The second-order valence-corrected chi connectivity index (χ2v) is 4.40. The van der Waals surface area contributed by atoms with Crippen molar-refractivity contribution >= 4 is 23.0 Å². The maximum Gasteiger partial charge on any atom is 0.129 e. The number of methoxy groups -OCH3 is 1. The number of nitrogens with zero attached hydrogens (tertiary/aromatic N) is 1. The lowest BCUT2D eigenvalue weighted by atomic mass is 10.1. The van der Waals surface area contributed by atoms with Gasteiger partial charge >= 0.3 is 0 Å². The Hall–Kier alpha value is -1.74. The van der Waals surface area contributed by atoms with Crippen LogP contribution in [-0.2, 0) is 5.88 Å². The summed E-state index contributed by atoms with van der Waals surface area (Å²) in [5, 5.41) is 0. The van der Waals surface area contributed by atoms with Gasteiger partial charge in [0, 0.05) is 24.0 Å². The molecule has 0 heterocycles. The maximum absolute atomic E-state index is 13.7. The molecule has 0 unspecified atom stereocenters. The monoisotopic (exact) mass is 279 g/mol. The van der Waals surface area contributed by atoms with Crippen LogP contribution < -0.4 is 9.64 Å². The third kappa shape index (κ3) is 2.82. The molecule has 0 N–H and O–H groups in total. The van der Waals surface area contributed by atoms with Crippen LogP contribution in [0.3, 0.4) is 0 Å². The second-order valence-electron chi connectivity index (χ2n) is 4.13. The van der Waals surface area contributed by atoms with E-state index in [4.69, 9.17) is 16.3 Å². The van der Waals surface area contributed by atoms with E-state index in [9.17, 15) is 4.39 Å². The van der Waals surface area contributed by atoms with Gasteiger partial charge in [0.25, 0.3) is 0 Å². The first-order valence-corrected chi connectivity index (χ1v) is 6.42. The molecule has 0 aromatic heterocycles. The Morgan fingerprint density at radius 2 is 1.84 bits per heavy atom. The van der Waals surface area contributed by atoms with E-state index >= 15 is 0 Å². The summed E-state index contributed by atoms with van der Waals surface area (Å²) in [4.78, 5) is 1.90. The van der Waals surface area contributed by atoms with Gasteiger partial charge in [0.15, 0.2) is 0 Å². The molecule has 0 atom stereocenters. The predicted molar refractivity (Wildman–Crippen MR) is 77.0 cm³/mol. The predicted octanol–water partition coefficient (Wildman–Crippen LogP) is 4.34. The Balaban J connectivity index is 2.37. The van der Waals surface area contributed by atoms with Crippen molar-refractivity contribution in [1.29, 1.82) is 0 Å². The van der Waals surface area contributed by atoms with E-state index in [0.717, 1.165) is 17.1 Å². The van der Waals surface area contributed by atoms with Gasteiger partial charge < -0.3 is 9.64 Å². The van der Waals surface area contributed by atoms with E-state index in [1.54, 1.807) is 13.2 Å². The van der Waals surface area contributed by atoms with Crippen molar-refractivity contribution in [1.82, 2.24) is 0 Å². The van der Waals surface area contributed by atoms with E-state index in [1.165, 1.54) is 6.07 Å². The highest BCUT2D eigenvalue weighted by Gasteiger charge is 2.12. The highest BCUT2D eigenvalue weighted by Crippen LogP contribution is 2.30. The van der Waals surface area contributed by atoms with Crippen molar-refractivity contribution in [3.05, 3.63) is 53.8 Å². The number of benzene rings is 2. The summed E-state index contributed by atoms with van der Waals surface area (Å²) in [5.41, 5.74) is 2.21. The molecule has 0 aliphatic carbocycles. The van der Waals surface area contributed by atoms with Crippen molar-refractivity contribution < 1.29 is 9.13 Å². The topological polar surface area (TPSA) is 12.5 Å². The first-order chi connectivity index (χ1) is 9.17. The van der Waals surface area contributed by atoms with E-state index < -0.39 is 0 Å². The number of anilines is 2. The highest BCUT2D eigenvalue weighted by atomic mass is 35.5. The summed E-state index contributed by atoms with van der Waals surface area (Å²) in [5.74, 6) is 0.643. The number of ether oxygens (including phenoxy) is 1. The zero-order valence-corrected chi connectivity index (χ0v) is 11.6. The highest BCUT2D eigenvalue weighted by molar-refractivity contribution is 6.17. The van der Waals surface area contributed by atoms with Gasteiger partial charge in [-0.2, -0.15) is 0 Å². The molecule has 4 heteroatoms. The second kappa shape index (κ2) is 5.93. The van der Waals surface area contributed by atoms with Crippen LogP contribution in [0.1, 0.15) is 5.56 Å². The van der Waals surface area contributed by atoms with Gasteiger partial charge in [0.2, 0.25) is 0 Å². The van der Waals surface area contributed by atoms with Crippen LogP contribution in [-0.4, -0.2) is 14.2 Å². The summed E-state index contributed by atoms with van der Waals surface area (Å²) < 4.78 is 18.8. The Labute approximate surface area is 117 Å². The van der Waals surface area contributed by atoms with Crippen LogP contribution in [0.15, 0.2) is 42.5 Å². The first kappa shape index (κ1) is 13.7. The average molecular weight is 280 g/mol. The van der Waals surface area contributed by atoms with Gasteiger partial charge in [-0.25, -0.2) is 4.39 Å². The number of rotatable bonds is 4. The van der Waals surface area contributed by atoms with Crippen molar-refractivity contribution in [3.63, 3.8) is 0 Å². The third-order valence-electron chi connectivity index (χ3n) is 3.05. The lowest BCUT2D eigenvalue weighted by Crippen LogP contribution is -2.12. The minimum Gasteiger partial charge on any atom is -0.497 e. The molecule has 0 aliphatic heterocycles. The Kier molecular flexibility index (Phi) is 4.27. The van der Waals surface area contributed by atoms with Gasteiger partial charge in [0.1, 0.15) is 11.6 Å². The van der Waals surface area contributed by atoms with Crippen LogP contribution in [0.2, 0.25) is 0 Å². The Bertz CT molecular complexity index is 557. The fourth-order valence-corrected chi connectivity index (χ4v) is 2.20. The molecular formula is C15H15ClFNO. The van der Waals surface area contributed by atoms with Gasteiger partial charge in [-0.1, -0.05) is 6.07 Å². The Morgan fingerprint density at radius 1 is 1.16 bits per heavy atom. The van der Waals surface area contributed by atoms with E-state index in [0.29, 0.717) is 5.56 Å². The summed E-state index contributed by atoms with van der Waals surface area (Å²) >= 11 is 5.83. The number of halogens is 2. The van der Waals surface area contributed by atoms with E-state index in [-0.39, 0.29) is 11.7 Å². The molecule has 0 amide bonds. The van der Waals surface area contributed by atoms with Crippen molar-refractivity contribution in [2.24, 2.45) is 0 Å². The normalized spacial score (nSPS) is 10.3. The van der Waals surface area contributed by atoms with Crippen molar-refractivity contribution in [2.45, 2.75) is 5.88 Å². The van der Waals surface area contributed by atoms with Gasteiger partial charge in [0.05, 0.1) is 13.0 Å². The van der Waals surface area contributed by atoms with E-state index in [1.807, 2.05) is 42.3 Å². The lowest BCUT2D eigenvalue weighted by molar-refractivity contribution is 0.415. The standard InChI is InChI=1S/C15H15ClFNO/c1-18(11-6-8-12(19-2)9-7-11)15-5-3-4-14(17)13(15)10-16/h3-9H,10H2,1-2H3. The Morgan fingerprint density at radius 3 is 2.42 bits per heavy atom. The third-order valence-corrected chi connectivity index (χ3v) is 3.32. The summed E-state index contributed by atoms with van der Waals surface area (Å²) in [6.45, 7) is 0. The maximum atomic E-state index is 13.7. The van der Waals surface area contributed by atoms with Crippen LogP contribution in [0, 0.1) is 5.82 Å². The molecule has 0 aliphatic rings. The van der Waals surface area contributed by atoms with Crippen LogP contribution in [0.5, 0.6) is 5.75 Å². The molecule has 2 aromatic rings. The minimum atomic E-state index is -0.284. The zero-order valence-electron chi connectivity index (χ0n) is 10.9. The molecule has 2 aromatic carbocycles. The van der Waals surface area contributed by atoms with Crippen LogP contribution >= 0.6 is 11.6 Å².